The highest BCUT2D eigenvalue weighted by Crippen LogP contribution is 2.25. The van der Waals surface area contributed by atoms with Crippen molar-refractivity contribution in [1.29, 1.82) is 0 Å². The molecule has 2 aromatic carbocycles. The summed E-state index contributed by atoms with van der Waals surface area (Å²) in [5, 5.41) is 4.64. The summed E-state index contributed by atoms with van der Waals surface area (Å²) in [5.74, 6) is -0.463. The van der Waals surface area contributed by atoms with E-state index in [0.29, 0.717) is 21.9 Å². The average Bonchev–Trinajstić information content (AvgIpc) is 2.69. The molecule has 0 saturated carbocycles. The molecule has 1 heterocycles. The Balaban J connectivity index is 1.73. The number of ether oxygens (including phenoxy) is 1. The Morgan fingerprint density at radius 3 is 2.82 bits per heavy atom. The lowest BCUT2D eigenvalue weighted by Crippen LogP contribution is -2.17. The third-order valence-electron chi connectivity index (χ3n) is 3.70. The summed E-state index contributed by atoms with van der Waals surface area (Å²) in [7, 11) is 0. The first-order valence-electron chi connectivity index (χ1n) is 8.13. The topological polar surface area (TPSA) is 63.6 Å². The van der Waals surface area contributed by atoms with Gasteiger partial charge >= 0.3 is 0 Å². The van der Waals surface area contributed by atoms with Crippen molar-refractivity contribution in [3.05, 3.63) is 93.5 Å². The number of nitrogens with zero attached hydrogens (tertiary/aromatic N) is 2. The van der Waals surface area contributed by atoms with Crippen molar-refractivity contribution in [3.63, 3.8) is 0 Å². The van der Waals surface area contributed by atoms with E-state index in [2.05, 4.69) is 15.5 Å². The van der Waals surface area contributed by atoms with E-state index in [1.165, 1.54) is 24.5 Å². The minimum Gasteiger partial charge on any atom is -0.488 e. The molecule has 142 valence electrons. The Morgan fingerprint density at radius 1 is 1.21 bits per heavy atom. The molecule has 0 spiro atoms. The highest BCUT2D eigenvalue weighted by molar-refractivity contribution is 6.31. The fourth-order valence-corrected chi connectivity index (χ4v) is 2.69. The molecular weight excluding hydrogens is 404 g/mol. The number of carbonyl (C=O) groups excluding carboxylic acids is 1. The largest absolute Gasteiger partial charge is 0.488 e. The van der Waals surface area contributed by atoms with Gasteiger partial charge in [0.25, 0.3) is 5.91 Å². The second-order valence-corrected chi connectivity index (χ2v) is 6.46. The van der Waals surface area contributed by atoms with E-state index in [0.717, 1.165) is 0 Å². The van der Waals surface area contributed by atoms with Crippen LogP contribution in [0.2, 0.25) is 10.0 Å². The van der Waals surface area contributed by atoms with Crippen LogP contribution in [0.5, 0.6) is 5.75 Å². The normalized spacial score (nSPS) is 10.8. The van der Waals surface area contributed by atoms with Gasteiger partial charge in [0, 0.05) is 28.5 Å². The van der Waals surface area contributed by atoms with Crippen molar-refractivity contribution >= 4 is 35.3 Å². The second kappa shape index (κ2) is 9.30. The van der Waals surface area contributed by atoms with Crippen LogP contribution in [-0.4, -0.2) is 17.1 Å². The average molecular weight is 418 g/mol. The third kappa shape index (κ3) is 5.06. The van der Waals surface area contributed by atoms with Crippen molar-refractivity contribution in [3.8, 4) is 5.75 Å². The highest BCUT2D eigenvalue weighted by atomic mass is 35.5. The fraction of sp³-hybridized carbons (Fsp3) is 0.0500. The molecule has 0 radical (unpaired) electrons. The summed E-state index contributed by atoms with van der Waals surface area (Å²) in [6, 6.07) is 12.5. The van der Waals surface area contributed by atoms with Crippen LogP contribution in [0.25, 0.3) is 0 Å². The predicted octanol–water partition coefficient (Wildman–Crippen LogP) is 4.87. The third-order valence-corrected chi connectivity index (χ3v) is 4.29. The predicted molar refractivity (Wildman–Crippen MR) is 106 cm³/mol. The van der Waals surface area contributed by atoms with Gasteiger partial charge in [-0.25, -0.2) is 9.82 Å². The zero-order chi connectivity index (χ0) is 19.9. The summed E-state index contributed by atoms with van der Waals surface area (Å²) < 4.78 is 19.6. The minimum absolute atomic E-state index is 0.0734. The number of aromatic nitrogens is 1. The monoisotopic (exact) mass is 417 g/mol. The maximum atomic E-state index is 13.9. The first kappa shape index (κ1) is 19.8. The van der Waals surface area contributed by atoms with Crippen LogP contribution in [0.15, 0.2) is 66.0 Å². The molecule has 1 N–H and O–H groups in total. The van der Waals surface area contributed by atoms with E-state index >= 15 is 0 Å². The number of amides is 1. The van der Waals surface area contributed by atoms with Crippen LogP contribution >= 0.6 is 23.2 Å². The Kier molecular flexibility index (Phi) is 6.57. The molecular formula is C20H14Cl2FN3O2. The number of hydrogen-bond acceptors (Lipinski definition) is 4. The molecule has 0 unspecified atom stereocenters. The molecule has 0 aliphatic heterocycles. The molecule has 1 aromatic heterocycles. The Morgan fingerprint density at radius 2 is 2.07 bits per heavy atom. The van der Waals surface area contributed by atoms with Crippen LogP contribution in [0.4, 0.5) is 4.39 Å². The van der Waals surface area contributed by atoms with Gasteiger partial charge in [0.2, 0.25) is 0 Å². The van der Waals surface area contributed by atoms with Crippen molar-refractivity contribution < 1.29 is 13.9 Å². The van der Waals surface area contributed by atoms with Crippen LogP contribution < -0.4 is 10.2 Å². The summed E-state index contributed by atoms with van der Waals surface area (Å²) >= 11 is 12.0. The quantitative estimate of drug-likeness (QED) is 0.459. The first-order chi connectivity index (χ1) is 13.5. The van der Waals surface area contributed by atoms with Crippen LogP contribution in [-0.2, 0) is 6.61 Å². The maximum absolute atomic E-state index is 13.9. The lowest BCUT2D eigenvalue weighted by molar-refractivity contribution is 0.0954. The number of carbonyl (C=O) groups is 1. The van der Waals surface area contributed by atoms with Gasteiger partial charge in [-0.15, -0.1) is 0 Å². The molecule has 0 bridgehead atoms. The lowest BCUT2D eigenvalue weighted by atomic mass is 10.2. The van der Waals surface area contributed by atoms with Gasteiger partial charge in [0.05, 0.1) is 16.8 Å². The molecule has 28 heavy (non-hydrogen) atoms. The lowest BCUT2D eigenvalue weighted by Gasteiger charge is -2.11. The molecule has 5 nitrogen and oxygen atoms in total. The Hall–Kier alpha value is -2.96. The number of halogens is 3. The van der Waals surface area contributed by atoms with E-state index in [1.54, 1.807) is 42.6 Å². The first-order valence-corrected chi connectivity index (χ1v) is 8.89. The van der Waals surface area contributed by atoms with E-state index in [1.807, 2.05) is 0 Å². The molecule has 0 atom stereocenters. The maximum Gasteiger partial charge on any atom is 0.272 e. The molecule has 0 aliphatic carbocycles. The van der Waals surface area contributed by atoms with Crippen LogP contribution in [0.1, 0.15) is 21.5 Å². The summed E-state index contributed by atoms with van der Waals surface area (Å²) in [6.45, 7) is -0.0734. The number of hydrazone groups is 1. The Labute approximate surface area is 170 Å². The van der Waals surface area contributed by atoms with Crippen LogP contribution in [0.3, 0.4) is 0 Å². The van der Waals surface area contributed by atoms with Gasteiger partial charge in [-0.1, -0.05) is 29.3 Å². The van der Waals surface area contributed by atoms with Crippen molar-refractivity contribution in [2.45, 2.75) is 6.61 Å². The molecule has 3 aromatic rings. The van der Waals surface area contributed by atoms with Crippen molar-refractivity contribution in [1.82, 2.24) is 10.4 Å². The smallest absolute Gasteiger partial charge is 0.272 e. The number of nitrogens with one attached hydrogen (secondary N) is 1. The van der Waals surface area contributed by atoms with E-state index < -0.39 is 11.7 Å². The number of rotatable bonds is 6. The molecule has 0 fully saturated rings. The number of pyridine rings is 1. The zero-order valence-electron chi connectivity index (χ0n) is 14.4. The zero-order valence-corrected chi connectivity index (χ0v) is 15.9. The second-order valence-electron chi connectivity index (χ2n) is 5.61. The SMILES string of the molecule is O=C(NN=Cc1cc(Cl)ccc1OCc1c(F)cccc1Cl)c1cccnc1. The minimum atomic E-state index is -0.458. The molecule has 3 rings (SSSR count). The molecule has 0 aliphatic rings. The fourth-order valence-electron chi connectivity index (χ4n) is 2.29. The van der Waals surface area contributed by atoms with Crippen molar-refractivity contribution in [2.24, 2.45) is 5.10 Å². The summed E-state index contributed by atoms with van der Waals surface area (Å²) in [6.07, 6.45) is 4.38. The van der Waals surface area contributed by atoms with Crippen molar-refractivity contribution in [2.75, 3.05) is 0 Å². The molecule has 1 amide bonds. The van der Waals surface area contributed by atoms with Gasteiger partial charge in [0.1, 0.15) is 18.2 Å². The van der Waals surface area contributed by atoms with Gasteiger partial charge in [-0.05, 0) is 42.5 Å². The van der Waals surface area contributed by atoms with Gasteiger partial charge in [-0.2, -0.15) is 5.10 Å². The van der Waals surface area contributed by atoms with E-state index in [9.17, 15) is 9.18 Å². The number of hydrogen-bond donors (Lipinski definition) is 1. The molecule has 8 heteroatoms. The Bertz CT molecular complexity index is 993. The molecule has 0 saturated heterocycles. The van der Waals surface area contributed by atoms with Gasteiger partial charge < -0.3 is 4.74 Å². The summed E-state index contributed by atoms with van der Waals surface area (Å²) in [5.41, 5.74) is 3.52. The standard InChI is InChI=1S/C20H14Cl2FN3O2/c21-15-6-7-19(28-12-16-17(22)4-1-5-18(16)23)14(9-15)11-25-26-20(27)13-3-2-8-24-10-13/h1-11H,12H2,(H,26,27). The van der Waals surface area contributed by atoms with Gasteiger partial charge in [-0.3, -0.25) is 9.78 Å². The van der Waals surface area contributed by atoms with Crippen LogP contribution in [0, 0.1) is 5.82 Å². The highest BCUT2D eigenvalue weighted by Gasteiger charge is 2.10. The van der Waals surface area contributed by atoms with E-state index in [-0.39, 0.29) is 17.2 Å². The van der Waals surface area contributed by atoms with Gasteiger partial charge in [0.15, 0.2) is 0 Å². The summed E-state index contributed by atoms with van der Waals surface area (Å²) in [4.78, 5) is 15.9. The number of benzene rings is 2. The van der Waals surface area contributed by atoms with E-state index in [4.69, 9.17) is 27.9 Å².